The molecule has 5 nitrogen and oxygen atoms in total. The third-order valence-corrected chi connectivity index (χ3v) is 7.63. The van der Waals surface area contributed by atoms with Crippen LogP contribution in [0.5, 0.6) is 0 Å². The molecule has 2 heterocycles. The number of benzene rings is 1. The fraction of sp³-hybridized carbons (Fsp3) is 0.500. The molecule has 0 bridgehead atoms. The van der Waals surface area contributed by atoms with Gasteiger partial charge >= 0.3 is 0 Å². The number of hydrogen-bond acceptors (Lipinski definition) is 5. The van der Waals surface area contributed by atoms with Crippen molar-refractivity contribution in [3.8, 4) is 6.07 Å². The largest absolute Gasteiger partial charge is 0.315 e. The Morgan fingerprint density at radius 2 is 1.94 bits per heavy atom. The van der Waals surface area contributed by atoms with E-state index in [-0.39, 0.29) is 11.7 Å². The molecule has 0 spiro atoms. The summed E-state index contributed by atoms with van der Waals surface area (Å²) in [4.78, 5) is 18.4. The Balaban J connectivity index is 1.29. The second-order valence-corrected chi connectivity index (χ2v) is 9.67. The maximum absolute atomic E-state index is 13.1. The summed E-state index contributed by atoms with van der Waals surface area (Å²) in [6, 6.07) is 8.97. The molecule has 164 valence electrons. The highest BCUT2D eigenvalue weighted by atomic mass is 32.1. The number of nitrogens with one attached hydrogen (secondary N) is 1. The van der Waals surface area contributed by atoms with Gasteiger partial charge in [0.05, 0.1) is 12.1 Å². The van der Waals surface area contributed by atoms with E-state index in [1.165, 1.54) is 17.0 Å². The molecular formula is C24H29FN4OS. The zero-order chi connectivity index (χ0) is 21.8. The number of halogens is 1. The predicted octanol–water partition coefficient (Wildman–Crippen LogP) is 4.03. The lowest BCUT2D eigenvalue weighted by Gasteiger charge is -2.34. The molecule has 4 rings (SSSR count). The lowest BCUT2D eigenvalue weighted by Crippen LogP contribution is -2.48. The van der Waals surface area contributed by atoms with Crippen molar-refractivity contribution in [1.82, 2.24) is 9.80 Å². The van der Waals surface area contributed by atoms with Crippen LogP contribution in [0, 0.1) is 23.1 Å². The minimum atomic E-state index is -0.212. The van der Waals surface area contributed by atoms with Crippen LogP contribution in [0.25, 0.3) is 0 Å². The Hall–Kier alpha value is -2.27. The van der Waals surface area contributed by atoms with Crippen molar-refractivity contribution in [2.45, 2.75) is 39.2 Å². The highest BCUT2D eigenvalue weighted by Gasteiger charge is 2.26. The number of carbonyl (C=O) groups excluding carboxylic acids is 1. The molecule has 1 aromatic carbocycles. The fourth-order valence-electron chi connectivity index (χ4n) is 4.53. The zero-order valence-electron chi connectivity index (χ0n) is 18.0. The average Bonchev–Trinajstić information content (AvgIpc) is 3.12. The van der Waals surface area contributed by atoms with Crippen LogP contribution in [0.2, 0.25) is 0 Å². The van der Waals surface area contributed by atoms with Crippen molar-refractivity contribution >= 4 is 22.2 Å². The summed E-state index contributed by atoms with van der Waals surface area (Å²) in [6.45, 7) is 6.74. The Labute approximate surface area is 187 Å². The number of rotatable bonds is 6. The quantitative estimate of drug-likeness (QED) is 0.737. The topological polar surface area (TPSA) is 59.4 Å². The average molecular weight is 441 g/mol. The summed E-state index contributed by atoms with van der Waals surface area (Å²) >= 11 is 1.59. The molecule has 1 unspecified atom stereocenters. The number of nitrogens with zero attached hydrogens (tertiary/aromatic N) is 3. The van der Waals surface area contributed by atoms with Crippen molar-refractivity contribution < 1.29 is 9.18 Å². The van der Waals surface area contributed by atoms with Crippen molar-refractivity contribution in [3.63, 3.8) is 0 Å². The first-order valence-electron chi connectivity index (χ1n) is 11.1. The lowest BCUT2D eigenvalue weighted by atomic mass is 9.86. The predicted molar refractivity (Wildman–Crippen MR) is 122 cm³/mol. The Morgan fingerprint density at radius 1 is 1.23 bits per heavy atom. The third kappa shape index (κ3) is 5.32. The maximum Gasteiger partial charge on any atom is 0.239 e. The third-order valence-electron chi connectivity index (χ3n) is 6.46. The van der Waals surface area contributed by atoms with Crippen LogP contribution in [-0.4, -0.2) is 48.4 Å². The summed E-state index contributed by atoms with van der Waals surface area (Å²) in [5.74, 6) is 0.428. The number of anilines is 1. The number of fused-ring (bicyclic) bond motifs is 1. The van der Waals surface area contributed by atoms with Crippen molar-refractivity contribution in [2.75, 3.05) is 38.0 Å². The van der Waals surface area contributed by atoms with E-state index >= 15 is 0 Å². The number of amides is 1. The minimum Gasteiger partial charge on any atom is -0.315 e. The molecule has 0 saturated carbocycles. The first-order chi connectivity index (χ1) is 15.1. The molecule has 2 aromatic rings. The van der Waals surface area contributed by atoms with E-state index in [1.54, 1.807) is 11.3 Å². The molecule has 31 heavy (non-hydrogen) atoms. The summed E-state index contributed by atoms with van der Waals surface area (Å²) in [7, 11) is 0. The zero-order valence-corrected chi connectivity index (χ0v) is 18.8. The second-order valence-electron chi connectivity index (χ2n) is 8.56. The van der Waals surface area contributed by atoms with E-state index < -0.39 is 0 Å². The van der Waals surface area contributed by atoms with Crippen LogP contribution in [0.4, 0.5) is 9.39 Å². The molecule has 1 aliphatic carbocycles. The van der Waals surface area contributed by atoms with Gasteiger partial charge in [-0.1, -0.05) is 25.5 Å². The molecule has 1 aromatic heterocycles. The van der Waals surface area contributed by atoms with Crippen molar-refractivity contribution in [1.29, 1.82) is 5.26 Å². The molecule has 1 saturated heterocycles. The summed E-state index contributed by atoms with van der Waals surface area (Å²) in [5.41, 5.74) is 2.93. The molecule has 1 amide bonds. The molecule has 1 N–H and O–H groups in total. The molecule has 1 atom stereocenters. The van der Waals surface area contributed by atoms with Gasteiger partial charge < -0.3 is 5.32 Å². The van der Waals surface area contributed by atoms with Crippen LogP contribution >= 0.6 is 11.3 Å². The lowest BCUT2D eigenvalue weighted by molar-refractivity contribution is -0.117. The van der Waals surface area contributed by atoms with E-state index in [1.807, 2.05) is 12.1 Å². The standard InChI is InChI=1S/C24H29FN4OS/c1-2-17-5-8-20-21(14-26)24(31-22(20)13-17)27-23(30)16-29-11-9-28(10-12-29)15-18-3-6-19(25)7-4-18/h3-4,6-7,17H,2,5,8-13,15-16H2,1H3,(H,27,30). The molecule has 1 fully saturated rings. The summed E-state index contributed by atoms with van der Waals surface area (Å²) in [5, 5.41) is 13.4. The van der Waals surface area contributed by atoms with Crippen LogP contribution < -0.4 is 5.32 Å². The van der Waals surface area contributed by atoms with E-state index in [0.717, 1.165) is 74.5 Å². The van der Waals surface area contributed by atoms with Gasteiger partial charge in [-0.25, -0.2) is 4.39 Å². The first kappa shape index (κ1) is 21.9. The fourth-order valence-corrected chi connectivity index (χ4v) is 5.86. The number of carbonyl (C=O) groups is 1. The second kappa shape index (κ2) is 9.90. The van der Waals surface area contributed by atoms with Crippen LogP contribution in [0.1, 0.15) is 41.3 Å². The molecule has 0 radical (unpaired) electrons. The van der Waals surface area contributed by atoms with Gasteiger partial charge in [0, 0.05) is 37.6 Å². The van der Waals surface area contributed by atoms with Gasteiger partial charge in [-0.2, -0.15) is 5.26 Å². The number of hydrogen-bond donors (Lipinski definition) is 1. The van der Waals surface area contributed by atoms with Gasteiger partial charge in [0.2, 0.25) is 5.91 Å². The van der Waals surface area contributed by atoms with Crippen LogP contribution in [0.15, 0.2) is 24.3 Å². The normalized spacial score (nSPS) is 19.6. The minimum absolute atomic E-state index is 0.0471. The number of nitriles is 1. The van der Waals surface area contributed by atoms with Crippen molar-refractivity contribution in [2.24, 2.45) is 5.92 Å². The highest BCUT2D eigenvalue weighted by molar-refractivity contribution is 7.16. The Morgan fingerprint density at radius 3 is 2.61 bits per heavy atom. The van der Waals surface area contributed by atoms with Crippen LogP contribution in [0.3, 0.4) is 0 Å². The molecule has 7 heteroatoms. The summed E-state index contributed by atoms with van der Waals surface area (Å²) in [6.07, 6.45) is 4.26. The Kier molecular flexibility index (Phi) is 7.01. The highest BCUT2D eigenvalue weighted by Crippen LogP contribution is 2.39. The molecule has 1 aliphatic heterocycles. The van der Waals surface area contributed by atoms with Crippen molar-refractivity contribution in [3.05, 3.63) is 51.7 Å². The number of piperazine rings is 1. The Bertz CT molecular complexity index is 957. The number of thiophene rings is 1. The SMILES string of the molecule is CCC1CCc2c(sc(NC(=O)CN3CCN(Cc4ccc(F)cc4)CC3)c2C#N)C1. The van der Waals surface area contributed by atoms with Crippen LogP contribution in [-0.2, 0) is 24.2 Å². The van der Waals surface area contributed by atoms with E-state index in [9.17, 15) is 14.4 Å². The van der Waals surface area contributed by atoms with E-state index in [4.69, 9.17) is 0 Å². The smallest absolute Gasteiger partial charge is 0.239 e. The summed E-state index contributed by atoms with van der Waals surface area (Å²) < 4.78 is 13.1. The van der Waals surface area contributed by atoms with Gasteiger partial charge in [0.25, 0.3) is 0 Å². The van der Waals surface area contributed by atoms with Gasteiger partial charge in [-0.15, -0.1) is 11.3 Å². The van der Waals surface area contributed by atoms with Gasteiger partial charge in [-0.05, 0) is 48.4 Å². The molecule has 2 aliphatic rings. The van der Waals surface area contributed by atoms with Gasteiger partial charge in [-0.3, -0.25) is 14.6 Å². The van der Waals surface area contributed by atoms with Gasteiger partial charge in [0.15, 0.2) is 0 Å². The molecular weight excluding hydrogens is 411 g/mol. The van der Waals surface area contributed by atoms with E-state index in [2.05, 4.69) is 28.1 Å². The first-order valence-corrected chi connectivity index (χ1v) is 11.9. The monoisotopic (exact) mass is 440 g/mol. The van der Waals surface area contributed by atoms with Gasteiger partial charge in [0.1, 0.15) is 16.9 Å². The van der Waals surface area contributed by atoms with E-state index in [0.29, 0.717) is 18.0 Å². The maximum atomic E-state index is 13.1.